The molecule has 1 heterocycles. The molecule has 0 aliphatic heterocycles. The van der Waals surface area contributed by atoms with Crippen molar-refractivity contribution < 1.29 is 4.39 Å². The van der Waals surface area contributed by atoms with Gasteiger partial charge in [0.15, 0.2) is 0 Å². The third-order valence-corrected chi connectivity index (χ3v) is 5.22. The Bertz CT molecular complexity index is 1130. The highest BCUT2D eigenvalue weighted by Gasteiger charge is 2.16. The van der Waals surface area contributed by atoms with Crippen molar-refractivity contribution in [2.45, 2.75) is 6.54 Å². The lowest BCUT2D eigenvalue weighted by atomic mass is 10.1. The molecule has 2 nitrogen and oxygen atoms in total. The SMILES string of the molecule is O=c1c2ccccc2c(Br)c(-c2ccc(F)cc2)n1Cc1ccccc1. The molecule has 3 aromatic carbocycles. The number of hydrogen-bond acceptors (Lipinski definition) is 1. The van der Waals surface area contributed by atoms with Crippen LogP contribution in [-0.2, 0) is 6.54 Å². The van der Waals surface area contributed by atoms with E-state index in [2.05, 4.69) is 15.9 Å². The standard InChI is InChI=1S/C22H15BrFNO/c23-20-18-8-4-5-9-19(18)22(26)25(14-15-6-2-1-3-7-15)21(20)16-10-12-17(24)13-11-16/h1-13H,14H2. The first-order valence-electron chi connectivity index (χ1n) is 8.26. The first kappa shape index (κ1) is 16.7. The highest BCUT2D eigenvalue weighted by molar-refractivity contribution is 9.10. The summed E-state index contributed by atoms with van der Waals surface area (Å²) in [4.78, 5) is 13.2. The predicted molar refractivity (Wildman–Crippen MR) is 107 cm³/mol. The summed E-state index contributed by atoms with van der Waals surface area (Å²) in [6, 6.07) is 23.6. The Morgan fingerprint density at radius 1 is 0.808 bits per heavy atom. The van der Waals surface area contributed by atoms with Crippen molar-refractivity contribution in [2.75, 3.05) is 0 Å². The largest absolute Gasteiger partial charge is 0.302 e. The van der Waals surface area contributed by atoms with E-state index in [0.717, 1.165) is 26.7 Å². The fourth-order valence-electron chi connectivity index (χ4n) is 3.16. The van der Waals surface area contributed by atoms with E-state index in [1.54, 1.807) is 16.7 Å². The zero-order chi connectivity index (χ0) is 18.1. The van der Waals surface area contributed by atoms with Crippen molar-refractivity contribution in [3.8, 4) is 11.3 Å². The van der Waals surface area contributed by atoms with E-state index in [4.69, 9.17) is 0 Å². The second kappa shape index (κ2) is 6.89. The quantitative estimate of drug-likeness (QED) is 0.432. The van der Waals surface area contributed by atoms with Crippen molar-refractivity contribution in [1.29, 1.82) is 0 Å². The molecule has 0 atom stereocenters. The average molecular weight is 408 g/mol. The van der Waals surface area contributed by atoms with Crippen LogP contribution in [0.15, 0.2) is 88.1 Å². The van der Waals surface area contributed by atoms with Gasteiger partial charge in [-0.15, -0.1) is 0 Å². The molecule has 0 saturated heterocycles. The van der Waals surface area contributed by atoms with Crippen molar-refractivity contribution in [3.63, 3.8) is 0 Å². The fraction of sp³-hybridized carbons (Fsp3) is 0.0455. The van der Waals surface area contributed by atoms with E-state index in [9.17, 15) is 9.18 Å². The van der Waals surface area contributed by atoms with Gasteiger partial charge >= 0.3 is 0 Å². The maximum atomic E-state index is 13.4. The van der Waals surface area contributed by atoms with Crippen LogP contribution in [-0.4, -0.2) is 4.57 Å². The van der Waals surface area contributed by atoms with E-state index in [-0.39, 0.29) is 11.4 Å². The number of benzene rings is 3. The van der Waals surface area contributed by atoms with Crippen LogP contribution < -0.4 is 5.56 Å². The fourth-order valence-corrected chi connectivity index (χ4v) is 3.95. The van der Waals surface area contributed by atoms with Gasteiger partial charge in [-0.05, 0) is 57.4 Å². The monoisotopic (exact) mass is 407 g/mol. The number of halogens is 2. The Morgan fingerprint density at radius 3 is 2.12 bits per heavy atom. The Hall–Kier alpha value is -2.72. The number of fused-ring (bicyclic) bond motifs is 1. The summed E-state index contributed by atoms with van der Waals surface area (Å²) in [5.41, 5.74) is 2.50. The number of aromatic nitrogens is 1. The minimum absolute atomic E-state index is 0.0630. The molecule has 4 heteroatoms. The highest BCUT2D eigenvalue weighted by atomic mass is 79.9. The maximum Gasteiger partial charge on any atom is 0.259 e. The summed E-state index contributed by atoms with van der Waals surface area (Å²) in [5.74, 6) is -0.303. The van der Waals surface area contributed by atoms with Crippen LogP contribution >= 0.6 is 15.9 Å². The molecule has 0 N–H and O–H groups in total. The van der Waals surface area contributed by atoms with Gasteiger partial charge in [0.1, 0.15) is 5.82 Å². The molecular weight excluding hydrogens is 393 g/mol. The molecule has 4 rings (SSSR count). The van der Waals surface area contributed by atoms with Gasteiger partial charge in [0.2, 0.25) is 0 Å². The Labute approximate surface area is 158 Å². The van der Waals surface area contributed by atoms with Crippen molar-refractivity contribution in [1.82, 2.24) is 4.57 Å². The Morgan fingerprint density at radius 2 is 1.42 bits per heavy atom. The Kier molecular flexibility index (Phi) is 4.43. The lowest BCUT2D eigenvalue weighted by Crippen LogP contribution is -2.23. The van der Waals surface area contributed by atoms with Gasteiger partial charge < -0.3 is 4.57 Å². The van der Waals surface area contributed by atoms with E-state index >= 15 is 0 Å². The molecule has 4 aromatic rings. The number of pyridine rings is 1. The van der Waals surface area contributed by atoms with Gasteiger partial charge in [0.05, 0.1) is 12.2 Å². The van der Waals surface area contributed by atoms with Crippen LogP contribution in [0.1, 0.15) is 5.56 Å². The van der Waals surface area contributed by atoms with Gasteiger partial charge in [-0.25, -0.2) is 4.39 Å². The van der Waals surface area contributed by atoms with Crippen LogP contribution in [0.25, 0.3) is 22.0 Å². The van der Waals surface area contributed by atoms with E-state index in [1.807, 2.05) is 54.6 Å². The highest BCUT2D eigenvalue weighted by Crippen LogP contribution is 2.33. The van der Waals surface area contributed by atoms with Gasteiger partial charge in [0.25, 0.3) is 5.56 Å². The zero-order valence-corrected chi connectivity index (χ0v) is 15.4. The van der Waals surface area contributed by atoms with Crippen LogP contribution in [0.5, 0.6) is 0 Å². The predicted octanol–water partition coefficient (Wildman–Crippen LogP) is 5.62. The van der Waals surface area contributed by atoms with Crippen molar-refractivity contribution in [2.24, 2.45) is 0 Å². The second-order valence-corrected chi connectivity index (χ2v) is 6.88. The van der Waals surface area contributed by atoms with Crippen molar-refractivity contribution in [3.05, 3.63) is 105 Å². The topological polar surface area (TPSA) is 22.0 Å². The summed E-state index contributed by atoms with van der Waals surface area (Å²) in [7, 11) is 0. The Balaban J connectivity index is 2.04. The first-order valence-corrected chi connectivity index (χ1v) is 9.05. The smallest absolute Gasteiger partial charge is 0.259 e. The molecule has 0 spiro atoms. The van der Waals surface area contributed by atoms with Crippen LogP contribution in [0, 0.1) is 5.82 Å². The molecule has 0 radical (unpaired) electrons. The van der Waals surface area contributed by atoms with Crippen LogP contribution in [0.3, 0.4) is 0 Å². The minimum Gasteiger partial charge on any atom is -0.302 e. The molecule has 0 fully saturated rings. The first-order chi connectivity index (χ1) is 12.6. The minimum atomic E-state index is -0.303. The van der Waals surface area contributed by atoms with Gasteiger partial charge in [-0.2, -0.15) is 0 Å². The molecule has 0 saturated carbocycles. The van der Waals surface area contributed by atoms with Crippen molar-refractivity contribution >= 4 is 26.7 Å². The molecule has 26 heavy (non-hydrogen) atoms. The normalized spacial score (nSPS) is 11.0. The molecule has 1 aromatic heterocycles. The van der Waals surface area contributed by atoms with E-state index in [0.29, 0.717) is 11.9 Å². The maximum absolute atomic E-state index is 13.4. The molecule has 0 bridgehead atoms. The summed E-state index contributed by atoms with van der Waals surface area (Å²) >= 11 is 3.68. The summed E-state index contributed by atoms with van der Waals surface area (Å²) < 4.78 is 16.0. The summed E-state index contributed by atoms with van der Waals surface area (Å²) in [6.07, 6.45) is 0. The average Bonchev–Trinajstić information content (AvgIpc) is 2.68. The third kappa shape index (κ3) is 2.97. The second-order valence-electron chi connectivity index (χ2n) is 6.09. The molecular formula is C22H15BrFNO. The van der Waals surface area contributed by atoms with Gasteiger partial charge in [-0.1, -0.05) is 48.5 Å². The lowest BCUT2D eigenvalue weighted by Gasteiger charge is -2.17. The molecule has 128 valence electrons. The molecule has 0 unspecified atom stereocenters. The molecule has 0 amide bonds. The van der Waals surface area contributed by atoms with Gasteiger partial charge in [-0.3, -0.25) is 4.79 Å². The third-order valence-electron chi connectivity index (χ3n) is 4.42. The summed E-state index contributed by atoms with van der Waals surface area (Å²) in [5, 5.41) is 1.50. The molecule has 0 aliphatic carbocycles. The van der Waals surface area contributed by atoms with Gasteiger partial charge in [0, 0.05) is 15.2 Å². The number of hydrogen-bond donors (Lipinski definition) is 0. The van der Waals surface area contributed by atoms with Crippen LogP contribution in [0.2, 0.25) is 0 Å². The zero-order valence-electron chi connectivity index (χ0n) is 13.8. The molecule has 0 aliphatic rings. The number of nitrogens with zero attached hydrogens (tertiary/aromatic N) is 1. The van der Waals surface area contributed by atoms with Crippen LogP contribution in [0.4, 0.5) is 4.39 Å². The van der Waals surface area contributed by atoms with E-state index in [1.165, 1.54) is 12.1 Å². The summed E-state index contributed by atoms with van der Waals surface area (Å²) in [6.45, 7) is 0.440. The lowest BCUT2D eigenvalue weighted by molar-refractivity contribution is 0.628. The number of rotatable bonds is 3. The van der Waals surface area contributed by atoms with E-state index < -0.39 is 0 Å².